The Hall–Kier alpha value is -2.13. The van der Waals surface area contributed by atoms with Crippen LogP contribution < -0.4 is 5.73 Å². The molecule has 0 saturated carbocycles. The van der Waals surface area contributed by atoms with Gasteiger partial charge in [-0.25, -0.2) is 4.98 Å². The van der Waals surface area contributed by atoms with Gasteiger partial charge in [-0.3, -0.25) is 4.40 Å². The summed E-state index contributed by atoms with van der Waals surface area (Å²) in [5.74, 6) is 1.04. The Morgan fingerprint density at radius 1 is 1.16 bits per heavy atom. The van der Waals surface area contributed by atoms with Gasteiger partial charge in [0.25, 0.3) is 0 Å². The molecule has 3 nitrogen and oxygen atoms in total. The van der Waals surface area contributed by atoms with Gasteiger partial charge in [-0.2, -0.15) is 0 Å². The van der Waals surface area contributed by atoms with E-state index in [9.17, 15) is 0 Å². The monoisotopic (exact) mass is 251 g/mol. The standard InChI is InChI=1S/C16H17N3/c1-12-4-2-5-13(8-12)9-16-18-11-15-7-3-6-14(10-17)19(15)16/h2-8,11H,9-10,17H2,1H3. The highest BCUT2D eigenvalue weighted by molar-refractivity contribution is 5.48. The van der Waals surface area contributed by atoms with Crippen molar-refractivity contribution in [2.24, 2.45) is 5.73 Å². The van der Waals surface area contributed by atoms with Gasteiger partial charge in [0.2, 0.25) is 0 Å². The largest absolute Gasteiger partial charge is 0.325 e. The maximum Gasteiger partial charge on any atom is 0.117 e. The van der Waals surface area contributed by atoms with Crippen molar-refractivity contribution in [3.8, 4) is 0 Å². The average Bonchev–Trinajstić information content (AvgIpc) is 2.82. The zero-order chi connectivity index (χ0) is 13.2. The van der Waals surface area contributed by atoms with Crippen LogP contribution in [0, 0.1) is 6.92 Å². The van der Waals surface area contributed by atoms with E-state index in [0.29, 0.717) is 6.54 Å². The van der Waals surface area contributed by atoms with Crippen LogP contribution in [-0.2, 0) is 13.0 Å². The van der Waals surface area contributed by atoms with Crippen molar-refractivity contribution in [1.82, 2.24) is 9.38 Å². The van der Waals surface area contributed by atoms with E-state index in [1.807, 2.05) is 12.3 Å². The summed E-state index contributed by atoms with van der Waals surface area (Å²) in [6, 6.07) is 14.7. The van der Waals surface area contributed by atoms with Crippen molar-refractivity contribution in [2.75, 3.05) is 0 Å². The first-order chi connectivity index (χ1) is 9.28. The third kappa shape index (κ3) is 2.25. The molecular weight excluding hydrogens is 234 g/mol. The van der Waals surface area contributed by atoms with E-state index in [0.717, 1.165) is 23.5 Å². The van der Waals surface area contributed by atoms with Gasteiger partial charge in [0, 0.05) is 18.7 Å². The Morgan fingerprint density at radius 2 is 2.00 bits per heavy atom. The molecule has 0 saturated heterocycles. The van der Waals surface area contributed by atoms with Crippen molar-refractivity contribution < 1.29 is 0 Å². The normalized spacial score (nSPS) is 11.1. The molecule has 0 atom stereocenters. The summed E-state index contributed by atoms with van der Waals surface area (Å²) >= 11 is 0. The average molecular weight is 251 g/mol. The fraction of sp³-hybridized carbons (Fsp3) is 0.188. The molecule has 2 N–H and O–H groups in total. The third-order valence-corrected chi connectivity index (χ3v) is 3.36. The van der Waals surface area contributed by atoms with Crippen molar-refractivity contribution in [3.05, 3.63) is 71.3 Å². The smallest absolute Gasteiger partial charge is 0.117 e. The van der Waals surface area contributed by atoms with Crippen LogP contribution in [0.5, 0.6) is 0 Å². The number of fused-ring (bicyclic) bond motifs is 1. The molecule has 3 heteroatoms. The molecule has 2 aromatic heterocycles. The van der Waals surface area contributed by atoms with Crippen LogP contribution in [0.3, 0.4) is 0 Å². The second kappa shape index (κ2) is 4.86. The number of nitrogens with two attached hydrogens (primary N) is 1. The summed E-state index contributed by atoms with van der Waals surface area (Å²) < 4.78 is 2.16. The summed E-state index contributed by atoms with van der Waals surface area (Å²) in [6.07, 6.45) is 2.73. The number of pyridine rings is 1. The summed E-state index contributed by atoms with van der Waals surface area (Å²) in [4.78, 5) is 4.54. The third-order valence-electron chi connectivity index (χ3n) is 3.36. The lowest BCUT2D eigenvalue weighted by Gasteiger charge is -2.07. The molecule has 0 amide bonds. The number of hydrogen-bond donors (Lipinski definition) is 1. The topological polar surface area (TPSA) is 43.3 Å². The van der Waals surface area contributed by atoms with Crippen LogP contribution in [0.15, 0.2) is 48.7 Å². The molecule has 19 heavy (non-hydrogen) atoms. The van der Waals surface area contributed by atoms with Gasteiger partial charge in [-0.15, -0.1) is 0 Å². The second-order valence-corrected chi connectivity index (χ2v) is 4.82. The lowest BCUT2D eigenvalue weighted by atomic mass is 10.1. The SMILES string of the molecule is Cc1cccc(Cc2ncc3cccc(CN)n23)c1. The van der Waals surface area contributed by atoms with Crippen LogP contribution in [0.2, 0.25) is 0 Å². The van der Waals surface area contributed by atoms with Crippen LogP contribution in [-0.4, -0.2) is 9.38 Å². The Morgan fingerprint density at radius 3 is 2.79 bits per heavy atom. The molecule has 0 fully saturated rings. The quantitative estimate of drug-likeness (QED) is 0.777. The van der Waals surface area contributed by atoms with Crippen molar-refractivity contribution in [1.29, 1.82) is 0 Å². The Kier molecular flexibility index (Phi) is 3.05. The number of rotatable bonds is 3. The van der Waals surface area contributed by atoms with Gasteiger partial charge < -0.3 is 5.73 Å². The molecule has 3 rings (SSSR count). The zero-order valence-electron chi connectivity index (χ0n) is 11.0. The molecule has 2 heterocycles. The molecule has 0 bridgehead atoms. The van der Waals surface area contributed by atoms with Gasteiger partial charge in [-0.05, 0) is 24.6 Å². The predicted octanol–water partition coefficient (Wildman–Crippen LogP) is 2.69. The summed E-state index contributed by atoms with van der Waals surface area (Å²) in [5.41, 5.74) is 10.6. The number of hydrogen-bond acceptors (Lipinski definition) is 2. The lowest BCUT2D eigenvalue weighted by molar-refractivity contribution is 0.876. The minimum absolute atomic E-state index is 0.522. The molecule has 0 aliphatic rings. The Bertz CT molecular complexity index is 713. The highest BCUT2D eigenvalue weighted by atomic mass is 15.0. The first-order valence-electron chi connectivity index (χ1n) is 6.48. The zero-order valence-corrected chi connectivity index (χ0v) is 11.0. The maximum absolute atomic E-state index is 5.81. The lowest BCUT2D eigenvalue weighted by Crippen LogP contribution is -2.07. The van der Waals surface area contributed by atoms with E-state index in [4.69, 9.17) is 5.73 Å². The molecule has 1 aromatic carbocycles. The number of aromatic nitrogens is 2. The minimum Gasteiger partial charge on any atom is -0.325 e. The molecule has 0 spiro atoms. The fourth-order valence-corrected chi connectivity index (χ4v) is 2.48. The molecule has 0 radical (unpaired) electrons. The Labute approximate surface area is 112 Å². The van der Waals surface area contributed by atoms with Gasteiger partial charge in [-0.1, -0.05) is 35.9 Å². The summed E-state index contributed by atoms with van der Waals surface area (Å²) in [7, 11) is 0. The summed E-state index contributed by atoms with van der Waals surface area (Å²) in [6.45, 7) is 2.63. The second-order valence-electron chi connectivity index (χ2n) is 4.82. The highest BCUT2D eigenvalue weighted by Gasteiger charge is 2.07. The molecule has 96 valence electrons. The van der Waals surface area contributed by atoms with E-state index in [-0.39, 0.29) is 0 Å². The van der Waals surface area contributed by atoms with Crippen molar-refractivity contribution in [2.45, 2.75) is 19.9 Å². The molecule has 0 aliphatic carbocycles. The van der Waals surface area contributed by atoms with Crippen LogP contribution in [0.1, 0.15) is 22.6 Å². The molecule has 0 unspecified atom stereocenters. The minimum atomic E-state index is 0.522. The van der Waals surface area contributed by atoms with E-state index in [2.05, 4.69) is 52.7 Å². The van der Waals surface area contributed by atoms with E-state index in [1.165, 1.54) is 11.1 Å². The first kappa shape index (κ1) is 11.9. The van der Waals surface area contributed by atoms with E-state index >= 15 is 0 Å². The number of benzene rings is 1. The van der Waals surface area contributed by atoms with Gasteiger partial charge in [0.15, 0.2) is 0 Å². The highest BCUT2D eigenvalue weighted by Crippen LogP contribution is 2.15. The van der Waals surface area contributed by atoms with Crippen molar-refractivity contribution >= 4 is 5.52 Å². The summed E-state index contributed by atoms with van der Waals surface area (Å²) in [5, 5.41) is 0. The number of nitrogens with zero attached hydrogens (tertiary/aromatic N) is 2. The Balaban J connectivity index is 2.06. The molecule has 0 aliphatic heterocycles. The molecular formula is C16H17N3. The fourth-order valence-electron chi connectivity index (χ4n) is 2.48. The van der Waals surface area contributed by atoms with Gasteiger partial charge in [0.1, 0.15) is 5.82 Å². The maximum atomic E-state index is 5.81. The van der Waals surface area contributed by atoms with Gasteiger partial charge in [0.05, 0.1) is 11.7 Å². The van der Waals surface area contributed by atoms with Crippen LogP contribution in [0.25, 0.3) is 5.52 Å². The number of imidazole rings is 1. The van der Waals surface area contributed by atoms with E-state index in [1.54, 1.807) is 0 Å². The first-order valence-corrected chi connectivity index (χ1v) is 6.48. The molecule has 3 aromatic rings. The van der Waals surface area contributed by atoms with Crippen LogP contribution in [0.4, 0.5) is 0 Å². The van der Waals surface area contributed by atoms with Crippen LogP contribution >= 0.6 is 0 Å². The van der Waals surface area contributed by atoms with Gasteiger partial charge >= 0.3 is 0 Å². The van der Waals surface area contributed by atoms with Crippen molar-refractivity contribution in [3.63, 3.8) is 0 Å². The predicted molar refractivity (Wildman–Crippen MR) is 77.1 cm³/mol. The number of aryl methyl sites for hydroxylation is 1. The van der Waals surface area contributed by atoms with E-state index < -0.39 is 0 Å².